The third-order valence-corrected chi connectivity index (χ3v) is 3.67. The highest BCUT2D eigenvalue weighted by atomic mass is 79.9. The van der Waals surface area contributed by atoms with Gasteiger partial charge in [-0.1, -0.05) is 30.3 Å². The summed E-state index contributed by atoms with van der Waals surface area (Å²) in [5.74, 6) is 0. The maximum atomic E-state index is 5.94. The van der Waals surface area contributed by atoms with Gasteiger partial charge in [0.15, 0.2) is 0 Å². The molecule has 20 heavy (non-hydrogen) atoms. The summed E-state index contributed by atoms with van der Waals surface area (Å²) in [6.45, 7) is 2.66. The van der Waals surface area contributed by atoms with Crippen molar-refractivity contribution in [3.05, 3.63) is 70.6 Å². The van der Waals surface area contributed by atoms with E-state index in [-0.39, 0.29) is 6.10 Å². The fraction of sp³-hybridized carbons (Fsp3) is 0.188. The molecule has 1 aromatic carbocycles. The highest BCUT2D eigenvalue weighted by Crippen LogP contribution is 2.27. The quantitative estimate of drug-likeness (QED) is 0.715. The van der Waals surface area contributed by atoms with Crippen molar-refractivity contribution in [2.75, 3.05) is 6.61 Å². The average molecular weight is 331 g/mol. The second-order valence-corrected chi connectivity index (χ2v) is 5.42. The Kier molecular flexibility index (Phi) is 3.85. The number of nitrogens with zero attached hydrogens (tertiary/aromatic N) is 2. The normalized spacial score (nSPS) is 12.7. The number of fused-ring (bicyclic) bond motifs is 1. The molecule has 0 spiro atoms. The summed E-state index contributed by atoms with van der Waals surface area (Å²) in [4.78, 5) is 4.45. The van der Waals surface area contributed by atoms with Crippen LogP contribution in [0.3, 0.4) is 0 Å². The van der Waals surface area contributed by atoms with Gasteiger partial charge in [-0.25, -0.2) is 4.98 Å². The van der Waals surface area contributed by atoms with Crippen molar-refractivity contribution in [2.24, 2.45) is 0 Å². The molecule has 3 aromatic rings. The molecule has 102 valence electrons. The van der Waals surface area contributed by atoms with Crippen molar-refractivity contribution in [3.8, 4) is 0 Å². The minimum Gasteiger partial charge on any atom is -0.367 e. The molecule has 0 N–H and O–H groups in total. The number of hydrogen-bond donors (Lipinski definition) is 0. The first kappa shape index (κ1) is 13.3. The molecule has 1 unspecified atom stereocenters. The third-order valence-electron chi connectivity index (χ3n) is 3.20. The molecule has 0 aliphatic rings. The Morgan fingerprint density at radius 2 is 2.00 bits per heavy atom. The molecule has 0 saturated carbocycles. The predicted octanol–water partition coefficient (Wildman–Crippen LogP) is 4.22. The second-order valence-electron chi connectivity index (χ2n) is 4.50. The Morgan fingerprint density at radius 1 is 1.20 bits per heavy atom. The van der Waals surface area contributed by atoms with Gasteiger partial charge in [-0.05, 0) is 40.5 Å². The van der Waals surface area contributed by atoms with Gasteiger partial charge in [0.05, 0.1) is 11.9 Å². The maximum Gasteiger partial charge on any atom is 0.137 e. The fourth-order valence-corrected chi connectivity index (χ4v) is 2.65. The van der Waals surface area contributed by atoms with E-state index in [0.717, 1.165) is 21.4 Å². The molecular formula is C16H15BrN2O. The van der Waals surface area contributed by atoms with E-state index in [2.05, 4.69) is 37.4 Å². The lowest BCUT2D eigenvalue weighted by molar-refractivity contribution is 0.0878. The SMILES string of the molecule is CCOC(c1ccccc1)c1cnc2ccc(Br)cn12. The predicted molar refractivity (Wildman–Crippen MR) is 82.8 cm³/mol. The standard InChI is InChI=1S/C16H15BrN2O/c1-2-20-16(12-6-4-3-5-7-12)14-10-18-15-9-8-13(17)11-19(14)15/h3-11,16H,2H2,1H3. The largest absolute Gasteiger partial charge is 0.367 e. The van der Waals surface area contributed by atoms with Crippen molar-refractivity contribution in [1.29, 1.82) is 0 Å². The number of imidazole rings is 1. The number of benzene rings is 1. The highest BCUT2D eigenvalue weighted by molar-refractivity contribution is 9.10. The molecule has 2 heterocycles. The minimum atomic E-state index is -0.106. The summed E-state index contributed by atoms with van der Waals surface area (Å²) in [5, 5.41) is 0. The summed E-state index contributed by atoms with van der Waals surface area (Å²) in [6.07, 6.45) is 3.80. The first-order valence-corrected chi connectivity index (χ1v) is 7.38. The van der Waals surface area contributed by atoms with Gasteiger partial charge in [-0.3, -0.25) is 4.40 Å². The molecule has 0 aliphatic heterocycles. The van der Waals surface area contributed by atoms with Crippen molar-refractivity contribution in [2.45, 2.75) is 13.0 Å². The molecule has 0 aliphatic carbocycles. The molecular weight excluding hydrogens is 316 g/mol. The Balaban J connectivity index is 2.12. The number of pyridine rings is 1. The Morgan fingerprint density at radius 3 is 2.75 bits per heavy atom. The van der Waals surface area contributed by atoms with Crippen LogP contribution in [0.5, 0.6) is 0 Å². The fourth-order valence-electron chi connectivity index (χ4n) is 2.31. The smallest absolute Gasteiger partial charge is 0.137 e. The van der Waals surface area contributed by atoms with Crippen LogP contribution in [0.2, 0.25) is 0 Å². The first-order valence-electron chi connectivity index (χ1n) is 6.58. The molecule has 3 nitrogen and oxygen atoms in total. The third kappa shape index (κ3) is 2.49. The van der Waals surface area contributed by atoms with Gasteiger partial charge >= 0.3 is 0 Å². The highest BCUT2D eigenvalue weighted by Gasteiger charge is 2.18. The van der Waals surface area contributed by atoms with Gasteiger partial charge in [-0.2, -0.15) is 0 Å². The Labute approximate surface area is 126 Å². The lowest BCUT2D eigenvalue weighted by Crippen LogP contribution is -2.08. The van der Waals surface area contributed by atoms with Crippen LogP contribution in [0.4, 0.5) is 0 Å². The van der Waals surface area contributed by atoms with E-state index in [4.69, 9.17) is 4.74 Å². The van der Waals surface area contributed by atoms with Crippen LogP contribution >= 0.6 is 15.9 Å². The zero-order chi connectivity index (χ0) is 13.9. The lowest BCUT2D eigenvalue weighted by Gasteiger charge is -2.17. The van der Waals surface area contributed by atoms with E-state index in [0.29, 0.717) is 6.61 Å². The van der Waals surface area contributed by atoms with Crippen molar-refractivity contribution < 1.29 is 4.74 Å². The van der Waals surface area contributed by atoms with E-state index < -0.39 is 0 Å². The molecule has 1 atom stereocenters. The van der Waals surface area contributed by atoms with E-state index in [9.17, 15) is 0 Å². The van der Waals surface area contributed by atoms with Crippen LogP contribution in [0.1, 0.15) is 24.3 Å². The number of halogens is 1. The topological polar surface area (TPSA) is 26.5 Å². The van der Waals surface area contributed by atoms with Gasteiger partial charge < -0.3 is 4.74 Å². The molecule has 4 heteroatoms. The van der Waals surface area contributed by atoms with Crippen LogP contribution in [0.25, 0.3) is 5.65 Å². The molecule has 3 rings (SSSR count). The van der Waals surface area contributed by atoms with Crippen LogP contribution < -0.4 is 0 Å². The second kappa shape index (κ2) is 5.77. The number of aromatic nitrogens is 2. The summed E-state index contributed by atoms with van der Waals surface area (Å²) < 4.78 is 9.03. The van der Waals surface area contributed by atoms with Crippen LogP contribution in [-0.4, -0.2) is 16.0 Å². The Bertz CT molecular complexity index is 709. The van der Waals surface area contributed by atoms with Gasteiger partial charge in [0.25, 0.3) is 0 Å². The molecule has 2 aromatic heterocycles. The molecule has 0 bridgehead atoms. The first-order chi connectivity index (χ1) is 9.79. The van der Waals surface area contributed by atoms with Gasteiger partial charge in [0.1, 0.15) is 11.8 Å². The van der Waals surface area contributed by atoms with E-state index >= 15 is 0 Å². The Hall–Kier alpha value is -1.65. The summed E-state index contributed by atoms with van der Waals surface area (Å²) in [6, 6.07) is 14.2. The summed E-state index contributed by atoms with van der Waals surface area (Å²) in [7, 11) is 0. The maximum absolute atomic E-state index is 5.94. The van der Waals surface area contributed by atoms with Crippen molar-refractivity contribution in [1.82, 2.24) is 9.38 Å². The molecule has 0 saturated heterocycles. The summed E-state index contributed by atoms with van der Waals surface area (Å²) in [5.41, 5.74) is 3.09. The monoisotopic (exact) mass is 330 g/mol. The molecule has 0 amide bonds. The van der Waals surface area contributed by atoms with E-state index in [1.54, 1.807) is 0 Å². The molecule has 0 radical (unpaired) electrons. The van der Waals surface area contributed by atoms with E-state index in [1.807, 2.05) is 49.6 Å². The number of rotatable bonds is 4. The van der Waals surface area contributed by atoms with Gasteiger partial charge in [-0.15, -0.1) is 0 Å². The number of ether oxygens (including phenoxy) is 1. The lowest BCUT2D eigenvalue weighted by atomic mass is 10.1. The van der Waals surface area contributed by atoms with Crippen LogP contribution in [0.15, 0.2) is 59.3 Å². The summed E-state index contributed by atoms with van der Waals surface area (Å²) >= 11 is 3.51. The van der Waals surface area contributed by atoms with E-state index in [1.165, 1.54) is 0 Å². The van der Waals surface area contributed by atoms with Crippen LogP contribution in [0, 0.1) is 0 Å². The van der Waals surface area contributed by atoms with Crippen LogP contribution in [-0.2, 0) is 4.74 Å². The van der Waals surface area contributed by atoms with Crippen molar-refractivity contribution in [3.63, 3.8) is 0 Å². The van der Waals surface area contributed by atoms with Gasteiger partial charge in [0, 0.05) is 17.3 Å². The average Bonchev–Trinajstić information content (AvgIpc) is 2.88. The number of hydrogen-bond acceptors (Lipinski definition) is 2. The van der Waals surface area contributed by atoms with Crippen molar-refractivity contribution >= 4 is 21.6 Å². The molecule has 0 fully saturated rings. The minimum absolute atomic E-state index is 0.106. The van der Waals surface area contributed by atoms with Gasteiger partial charge in [0.2, 0.25) is 0 Å². The zero-order valence-corrected chi connectivity index (χ0v) is 12.7. The zero-order valence-electron chi connectivity index (χ0n) is 11.2.